The fourth-order valence-corrected chi connectivity index (χ4v) is 2.57. The van der Waals surface area contributed by atoms with Crippen LogP contribution in [0.5, 0.6) is 0 Å². The van der Waals surface area contributed by atoms with E-state index in [0.29, 0.717) is 49.7 Å². The highest BCUT2D eigenvalue weighted by Crippen LogP contribution is 2.32. The number of nitrogen functional groups attached to an aromatic ring is 1. The van der Waals surface area contributed by atoms with Crippen molar-refractivity contribution in [2.24, 2.45) is 5.73 Å². The Labute approximate surface area is 123 Å². The van der Waals surface area contributed by atoms with Gasteiger partial charge in [0.1, 0.15) is 11.8 Å². The van der Waals surface area contributed by atoms with E-state index in [4.69, 9.17) is 11.5 Å². The molecule has 2 rings (SSSR count). The van der Waals surface area contributed by atoms with Gasteiger partial charge in [0.25, 0.3) is 0 Å². The van der Waals surface area contributed by atoms with Gasteiger partial charge in [0.15, 0.2) is 5.82 Å². The summed E-state index contributed by atoms with van der Waals surface area (Å²) in [6.45, 7) is 1.67. The second-order valence-electron chi connectivity index (χ2n) is 5.17. The molecule has 2 heterocycles. The lowest BCUT2D eigenvalue weighted by Crippen LogP contribution is -2.50. The first-order valence-corrected chi connectivity index (χ1v) is 6.86. The van der Waals surface area contributed by atoms with Crippen LogP contribution in [-0.4, -0.2) is 49.3 Å². The van der Waals surface area contributed by atoms with Gasteiger partial charge in [-0.2, -0.15) is 0 Å². The number of hydrogen-bond acceptors (Lipinski definition) is 7. The van der Waals surface area contributed by atoms with E-state index in [2.05, 4.69) is 15.6 Å². The fourth-order valence-electron chi connectivity index (χ4n) is 2.57. The summed E-state index contributed by atoms with van der Waals surface area (Å²) in [6, 6.07) is 3.39. The molecule has 1 aromatic rings. The van der Waals surface area contributed by atoms with Crippen LogP contribution < -0.4 is 27.0 Å². The number of nitrogens with two attached hydrogens (primary N) is 2. The summed E-state index contributed by atoms with van der Waals surface area (Å²) in [7, 11) is 1.84. The number of likely N-dealkylation sites (N-methyl/N-ethyl adjacent to an activating group) is 1. The van der Waals surface area contributed by atoms with Crippen LogP contribution in [-0.2, 0) is 10.4 Å². The number of amides is 1. The van der Waals surface area contributed by atoms with E-state index in [1.165, 1.54) is 0 Å². The predicted octanol–water partition coefficient (Wildman–Crippen LogP) is -1.69. The molecule has 0 bridgehead atoms. The van der Waals surface area contributed by atoms with Crippen molar-refractivity contribution in [3.8, 4) is 0 Å². The molecule has 2 unspecified atom stereocenters. The molecule has 8 nitrogen and oxygen atoms in total. The van der Waals surface area contributed by atoms with Crippen LogP contribution in [0.25, 0.3) is 0 Å². The molecule has 8 heteroatoms. The minimum Gasteiger partial charge on any atom is -0.396 e. The minimum atomic E-state index is -1.26. The number of carbonyl (C=O) groups is 1. The Bertz CT molecular complexity index is 511. The first kappa shape index (κ1) is 15.5. The minimum absolute atomic E-state index is 0.454. The third-order valence-electron chi connectivity index (χ3n) is 3.74. The molecule has 1 aliphatic heterocycles. The van der Waals surface area contributed by atoms with E-state index in [1.54, 1.807) is 12.1 Å². The van der Waals surface area contributed by atoms with Crippen molar-refractivity contribution in [2.75, 3.05) is 37.3 Å². The van der Waals surface area contributed by atoms with Gasteiger partial charge in [-0.3, -0.25) is 10.1 Å². The summed E-state index contributed by atoms with van der Waals surface area (Å²) in [5, 5.41) is 16.5. The molecule has 0 spiro atoms. The number of nitrogens with zero attached hydrogens (tertiary/aromatic N) is 2. The normalized spacial score (nSPS) is 24.8. The predicted molar refractivity (Wildman–Crippen MR) is 80.5 cm³/mol. The van der Waals surface area contributed by atoms with Crippen molar-refractivity contribution in [1.29, 1.82) is 0 Å². The Balaban J connectivity index is 2.35. The highest BCUT2D eigenvalue weighted by molar-refractivity contribution is 5.63. The maximum Gasteiger partial charge on any atom is 0.208 e. The van der Waals surface area contributed by atoms with Crippen LogP contribution in [0.2, 0.25) is 0 Å². The van der Waals surface area contributed by atoms with Gasteiger partial charge in [0.05, 0.1) is 11.4 Å². The van der Waals surface area contributed by atoms with Crippen LogP contribution in [0.3, 0.4) is 0 Å². The van der Waals surface area contributed by atoms with Crippen LogP contribution in [0.1, 0.15) is 12.1 Å². The lowest BCUT2D eigenvalue weighted by molar-refractivity contribution is -0.112. The number of aliphatic hydroxyl groups is 1. The standard InChI is InChI=1S/C13H22N6O2/c1-19(7-5-14)11-9(15)2-3-10(18-11)13(21)4-6-16-12(13)17-8-20/h2-3,8,12,16,21H,4-7,14-15H2,1H3,(H,17,20). The Morgan fingerprint density at radius 1 is 1.67 bits per heavy atom. The number of aromatic nitrogens is 1. The number of pyridine rings is 1. The van der Waals surface area contributed by atoms with Gasteiger partial charge in [0.2, 0.25) is 6.41 Å². The van der Waals surface area contributed by atoms with Crippen molar-refractivity contribution in [2.45, 2.75) is 18.2 Å². The third kappa shape index (κ3) is 2.92. The van der Waals surface area contributed by atoms with Crippen LogP contribution in [0.15, 0.2) is 12.1 Å². The molecule has 0 saturated carbocycles. The maximum absolute atomic E-state index is 10.9. The summed E-state index contributed by atoms with van der Waals surface area (Å²) in [4.78, 5) is 17.0. The molecule has 0 aromatic carbocycles. The number of anilines is 2. The van der Waals surface area contributed by atoms with Crippen molar-refractivity contribution in [3.63, 3.8) is 0 Å². The average molecular weight is 294 g/mol. The second kappa shape index (κ2) is 6.25. The summed E-state index contributed by atoms with van der Waals surface area (Å²) >= 11 is 0. The van der Waals surface area contributed by atoms with Gasteiger partial charge >= 0.3 is 0 Å². The molecule has 0 aliphatic carbocycles. The molecular formula is C13H22N6O2. The quantitative estimate of drug-likeness (QED) is 0.396. The first-order chi connectivity index (χ1) is 10.0. The zero-order chi connectivity index (χ0) is 15.5. The Morgan fingerprint density at radius 2 is 2.43 bits per heavy atom. The zero-order valence-electron chi connectivity index (χ0n) is 12.0. The molecule has 21 heavy (non-hydrogen) atoms. The summed E-state index contributed by atoms with van der Waals surface area (Å²) < 4.78 is 0. The lowest BCUT2D eigenvalue weighted by Gasteiger charge is -2.30. The van der Waals surface area contributed by atoms with Gasteiger partial charge in [-0.1, -0.05) is 0 Å². The van der Waals surface area contributed by atoms with Gasteiger partial charge in [-0.25, -0.2) is 4.98 Å². The van der Waals surface area contributed by atoms with Gasteiger partial charge in [-0.15, -0.1) is 0 Å². The van der Waals surface area contributed by atoms with Gasteiger partial charge in [0, 0.05) is 26.7 Å². The molecule has 7 N–H and O–H groups in total. The van der Waals surface area contributed by atoms with E-state index in [-0.39, 0.29) is 0 Å². The van der Waals surface area contributed by atoms with Crippen molar-refractivity contribution >= 4 is 17.9 Å². The molecule has 1 saturated heterocycles. The molecule has 1 amide bonds. The maximum atomic E-state index is 10.9. The van der Waals surface area contributed by atoms with Gasteiger partial charge < -0.3 is 26.8 Å². The monoisotopic (exact) mass is 294 g/mol. The second-order valence-corrected chi connectivity index (χ2v) is 5.17. The largest absolute Gasteiger partial charge is 0.396 e. The van der Waals surface area contributed by atoms with Crippen LogP contribution >= 0.6 is 0 Å². The highest BCUT2D eigenvalue weighted by Gasteiger charge is 2.44. The van der Waals surface area contributed by atoms with Crippen LogP contribution in [0.4, 0.5) is 11.5 Å². The van der Waals surface area contributed by atoms with Crippen molar-refractivity contribution in [3.05, 3.63) is 17.8 Å². The Morgan fingerprint density at radius 3 is 3.10 bits per heavy atom. The van der Waals surface area contributed by atoms with E-state index in [0.717, 1.165) is 0 Å². The molecule has 1 aromatic heterocycles. The number of hydrogen-bond donors (Lipinski definition) is 5. The van der Waals surface area contributed by atoms with E-state index < -0.39 is 11.8 Å². The SMILES string of the molecule is CN(CCN)c1nc(C2(O)CCNC2NC=O)ccc1N. The lowest BCUT2D eigenvalue weighted by atomic mass is 9.94. The number of carbonyl (C=O) groups excluding carboxylic acids is 1. The first-order valence-electron chi connectivity index (χ1n) is 6.86. The van der Waals surface area contributed by atoms with Crippen molar-refractivity contribution in [1.82, 2.24) is 15.6 Å². The molecule has 1 aliphatic rings. The van der Waals surface area contributed by atoms with Gasteiger partial charge in [-0.05, 0) is 18.6 Å². The highest BCUT2D eigenvalue weighted by atomic mass is 16.3. The Kier molecular flexibility index (Phi) is 4.61. The molecular weight excluding hydrogens is 272 g/mol. The summed E-state index contributed by atoms with van der Waals surface area (Å²) in [5.74, 6) is 0.572. The average Bonchev–Trinajstić information content (AvgIpc) is 2.82. The number of nitrogens with one attached hydrogen (secondary N) is 2. The van der Waals surface area contributed by atoms with E-state index in [9.17, 15) is 9.90 Å². The van der Waals surface area contributed by atoms with Crippen LogP contribution in [0, 0.1) is 0 Å². The molecule has 2 atom stereocenters. The summed E-state index contributed by atoms with van der Waals surface area (Å²) in [5.41, 5.74) is 11.2. The number of rotatable bonds is 6. The molecule has 0 radical (unpaired) electrons. The topological polar surface area (TPSA) is 130 Å². The third-order valence-corrected chi connectivity index (χ3v) is 3.74. The fraction of sp³-hybridized carbons (Fsp3) is 0.538. The van der Waals surface area contributed by atoms with Crippen molar-refractivity contribution < 1.29 is 9.90 Å². The summed E-state index contributed by atoms with van der Waals surface area (Å²) in [6.07, 6.45) is 0.445. The molecule has 116 valence electrons. The van der Waals surface area contributed by atoms with E-state index in [1.807, 2.05) is 11.9 Å². The Hall–Kier alpha value is -1.90. The zero-order valence-corrected chi connectivity index (χ0v) is 12.0. The molecule has 1 fully saturated rings. The smallest absolute Gasteiger partial charge is 0.208 e. The van der Waals surface area contributed by atoms with E-state index >= 15 is 0 Å².